The lowest BCUT2D eigenvalue weighted by molar-refractivity contribution is -0.133. The Morgan fingerprint density at radius 1 is 1.30 bits per heavy atom. The van der Waals surface area contributed by atoms with Gasteiger partial charge in [0, 0.05) is 0 Å². The molecule has 0 bridgehead atoms. The van der Waals surface area contributed by atoms with E-state index in [0.717, 1.165) is 32.4 Å². The SMILES string of the molecule is CCC1(C(=O)N[C@H](C)c2ccc(C)cc2)CCNCC1. The summed E-state index contributed by atoms with van der Waals surface area (Å²) in [5, 5.41) is 6.55. The molecule has 1 atom stereocenters. The van der Waals surface area contributed by atoms with Gasteiger partial charge < -0.3 is 10.6 Å². The average Bonchev–Trinajstić information content (AvgIpc) is 2.48. The molecular formula is C17H26N2O. The lowest BCUT2D eigenvalue weighted by Gasteiger charge is -2.36. The molecule has 1 heterocycles. The molecular weight excluding hydrogens is 248 g/mol. The van der Waals surface area contributed by atoms with E-state index >= 15 is 0 Å². The summed E-state index contributed by atoms with van der Waals surface area (Å²) >= 11 is 0. The van der Waals surface area contributed by atoms with Crippen LogP contribution in [0.25, 0.3) is 0 Å². The molecule has 1 saturated heterocycles. The Hall–Kier alpha value is -1.35. The van der Waals surface area contributed by atoms with E-state index in [4.69, 9.17) is 0 Å². The Kier molecular flexibility index (Phi) is 4.81. The fourth-order valence-electron chi connectivity index (χ4n) is 2.93. The van der Waals surface area contributed by atoms with Crippen LogP contribution in [0.1, 0.15) is 50.3 Å². The minimum absolute atomic E-state index is 0.0708. The van der Waals surface area contributed by atoms with Crippen LogP contribution < -0.4 is 10.6 Å². The maximum atomic E-state index is 12.7. The Morgan fingerprint density at radius 3 is 2.45 bits per heavy atom. The summed E-state index contributed by atoms with van der Waals surface area (Å²) in [5.41, 5.74) is 2.24. The summed E-state index contributed by atoms with van der Waals surface area (Å²) < 4.78 is 0. The zero-order chi connectivity index (χ0) is 14.6. The molecule has 0 aliphatic carbocycles. The highest BCUT2D eigenvalue weighted by molar-refractivity contribution is 5.83. The second-order valence-electron chi connectivity index (χ2n) is 5.99. The maximum absolute atomic E-state index is 12.7. The molecule has 0 aromatic heterocycles. The summed E-state index contributed by atoms with van der Waals surface area (Å²) in [4.78, 5) is 12.7. The van der Waals surface area contributed by atoms with Crippen LogP contribution in [0.15, 0.2) is 24.3 Å². The monoisotopic (exact) mass is 274 g/mol. The summed E-state index contributed by atoms with van der Waals surface area (Å²) in [5.74, 6) is 0.217. The van der Waals surface area contributed by atoms with Crippen molar-refractivity contribution in [2.24, 2.45) is 5.41 Å². The number of hydrogen-bond donors (Lipinski definition) is 2. The van der Waals surface area contributed by atoms with Gasteiger partial charge in [-0.25, -0.2) is 0 Å². The van der Waals surface area contributed by atoms with Crippen molar-refractivity contribution in [1.29, 1.82) is 0 Å². The van der Waals surface area contributed by atoms with Gasteiger partial charge in [-0.15, -0.1) is 0 Å². The van der Waals surface area contributed by atoms with Crippen molar-refractivity contribution >= 4 is 5.91 Å². The summed E-state index contributed by atoms with van der Waals surface area (Å²) in [6, 6.07) is 8.46. The van der Waals surface area contributed by atoms with Crippen molar-refractivity contribution in [3.8, 4) is 0 Å². The summed E-state index contributed by atoms with van der Waals surface area (Å²) in [6.45, 7) is 8.16. The molecule has 1 aliphatic rings. The largest absolute Gasteiger partial charge is 0.349 e. The van der Waals surface area contributed by atoms with Crippen LogP contribution in [0.5, 0.6) is 0 Å². The van der Waals surface area contributed by atoms with Crippen molar-refractivity contribution in [2.75, 3.05) is 13.1 Å². The minimum Gasteiger partial charge on any atom is -0.349 e. The fraction of sp³-hybridized carbons (Fsp3) is 0.588. The van der Waals surface area contributed by atoms with Crippen LogP contribution in [0.4, 0.5) is 0 Å². The van der Waals surface area contributed by atoms with Crippen molar-refractivity contribution < 1.29 is 4.79 Å². The molecule has 2 N–H and O–H groups in total. The van der Waals surface area contributed by atoms with E-state index in [2.05, 4.69) is 55.7 Å². The molecule has 2 rings (SSSR count). The van der Waals surface area contributed by atoms with Gasteiger partial charge in [-0.1, -0.05) is 36.8 Å². The van der Waals surface area contributed by atoms with Crippen LogP contribution in [0.3, 0.4) is 0 Å². The van der Waals surface area contributed by atoms with E-state index in [0.29, 0.717) is 0 Å². The molecule has 0 unspecified atom stereocenters. The molecule has 20 heavy (non-hydrogen) atoms. The predicted molar refractivity (Wildman–Crippen MR) is 82.6 cm³/mol. The number of amides is 1. The number of rotatable bonds is 4. The van der Waals surface area contributed by atoms with Gasteiger partial charge >= 0.3 is 0 Å². The Balaban J connectivity index is 2.04. The lowest BCUT2D eigenvalue weighted by atomic mass is 9.75. The van der Waals surface area contributed by atoms with Gasteiger partial charge in [0.25, 0.3) is 0 Å². The van der Waals surface area contributed by atoms with Crippen LogP contribution in [-0.2, 0) is 4.79 Å². The molecule has 3 heteroatoms. The molecule has 3 nitrogen and oxygen atoms in total. The molecule has 1 aromatic carbocycles. The number of carbonyl (C=O) groups is 1. The predicted octanol–water partition coefficient (Wildman–Crippen LogP) is 2.95. The molecule has 1 aliphatic heterocycles. The van der Waals surface area contributed by atoms with Gasteiger partial charge in [0.15, 0.2) is 0 Å². The van der Waals surface area contributed by atoms with E-state index in [1.165, 1.54) is 11.1 Å². The summed E-state index contributed by atoms with van der Waals surface area (Å²) in [7, 11) is 0. The fourth-order valence-corrected chi connectivity index (χ4v) is 2.93. The van der Waals surface area contributed by atoms with Crippen LogP contribution in [-0.4, -0.2) is 19.0 Å². The number of aryl methyl sites for hydroxylation is 1. The molecule has 0 spiro atoms. The quantitative estimate of drug-likeness (QED) is 0.886. The van der Waals surface area contributed by atoms with Crippen LogP contribution in [0, 0.1) is 12.3 Å². The first-order chi connectivity index (χ1) is 9.57. The smallest absolute Gasteiger partial charge is 0.226 e. The molecule has 1 aromatic rings. The van der Waals surface area contributed by atoms with Gasteiger partial charge in [-0.2, -0.15) is 0 Å². The van der Waals surface area contributed by atoms with E-state index in [-0.39, 0.29) is 17.4 Å². The first-order valence-corrected chi connectivity index (χ1v) is 7.66. The molecule has 0 saturated carbocycles. The minimum atomic E-state index is -0.176. The third kappa shape index (κ3) is 3.21. The Bertz CT molecular complexity index is 447. The third-order valence-corrected chi connectivity index (χ3v) is 4.64. The highest BCUT2D eigenvalue weighted by Gasteiger charge is 2.38. The van der Waals surface area contributed by atoms with Gasteiger partial charge in [-0.05, 0) is 51.8 Å². The van der Waals surface area contributed by atoms with Crippen molar-refractivity contribution in [3.05, 3.63) is 35.4 Å². The lowest BCUT2D eigenvalue weighted by Crippen LogP contribution is -2.47. The Morgan fingerprint density at radius 2 is 1.90 bits per heavy atom. The van der Waals surface area contributed by atoms with Gasteiger partial charge in [-0.3, -0.25) is 4.79 Å². The topological polar surface area (TPSA) is 41.1 Å². The highest BCUT2D eigenvalue weighted by Crippen LogP contribution is 2.33. The maximum Gasteiger partial charge on any atom is 0.226 e. The van der Waals surface area contributed by atoms with Gasteiger partial charge in [0.05, 0.1) is 11.5 Å². The molecule has 1 fully saturated rings. The average molecular weight is 274 g/mol. The number of carbonyl (C=O) groups excluding carboxylic acids is 1. The second kappa shape index (κ2) is 6.40. The van der Waals surface area contributed by atoms with Crippen LogP contribution in [0.2, 0.25) is 0 Å². The zero-order valence-corrected chi connectivity index (χ0v) is 12.8. The first-order valence-electron chi connectivity index (χ1n) is 7.66. The number of benzene rings is 1. The number of nitrogens with one attached hydrogen (secondary N) is 2. The third-order valence-electron chi connectivity index (χ3n) is 4.64. The second-order valence-corrected chi connectivity index (χ2v) is 5.99. The van der Waals surface area contributed by atoms with Crippen LogP contribution >= 0.6 is 0 Å². The van der Waals surface area contributed by atoms with E-state index in [1.54, 1.807) is 0 Å². The number of piperidine rings is 1. The van der Waals surface area contributed by atoms with Gasteiger partial charge in [0.2, 0.25) is 5.91 Å². The van der Waals surface area contributed by atoms with E-state index in [9.17, 15) is 4.79 Å². The van der Waals surface area contributed by atoms with E-state index < -0.39 is 0 Å². The molecule has 1 amide bonds. The normalized spacial score (nSPS) is 19.4. The van der Waals surface area contributed by atoms with Crippen molar-refractivity contribution in [2.45, 2.75) is 46.1 Å². The van der Waals surface area contributed by atoms with E-state index in [1.807, 2.05) is 0 Å². The number of hydrogen-bond acceptors (Lipinski definition) is 2. The highest BCUT2D eigenvalue weighted by atomic mass is 16.2. The molecule has 110 valence electrons. The Labute approximate surface area is 122 Å². The molecule has 0 radical (unpaired) electrons. The standard InChI is InChI=1S/C17H26N2O/c1-4-17(9-11-18-12-10-17)16(20)19-14(3)15-7-5-13(2)6-8-15/h5-8,14,18H,4,9-12H2,1-3H3,(H,19,20)/t14-/m1/s1. The van der Waals surface area contributed by atoms with Crippen molar-refractivity contribution in [3.63, 3.8) is 0 Å². The summed E-state index contributed by atoms with van der Waals surface area (Å²) in [6.07, 6.45) is 2.80. The zero-order valence-electron chi connectivity index (χ0n) is 12.8. The van der Waals surface area contributed by atoms with Gasteiger partial charge in [0.1, 0.15) is 0 Å². The first kappa shape index (κ1) is 15.0. The van der Waals surface area contributed by atoms with Crippen molar-refractivity contribution in [1.82, 2.24) is 10.6 Å².